The van der Waals surface area contributed by atoms with Gasteiger partial charge in [-0.25, -0.2) is 9.80 Å². The number of carbonyl (C=O) groups excluding carboxylic acids is 2. The van der Waals surface area contributed by atoms with Gasteiger partial charge in [0.2, 0.25) is 5.91 Å². The van der Waals surface area contributed by atoms with E-state index in [2.05, 4.69) is 10.4 Å². The number of benzene rings is 1. The van der Waals surface area contributed by atoms with Crippen LogP contribution in [0.4, 0.5) is 4.79 Å². The molecule has 3 rings (SSSR count). The first-order valence-electron chi connectivity index (χ1n) is 6.55. The van der Waals surface area contributed by atoms with Crippen LogP contribution in [0.5, 0.6) is 5.75 Å². The van der Waals surface area contributed by atoms with Gasteiger partial charge in [0.15, 0.2) is 0 Å². The topological polar surface area (TPSA) is 84.1 Å². The van der Waals surface area contributed by atoms with E-state index in [1.165, 1.54) is 6.21 Å². The fourth-order valence-electron chi connectivity index (χ4n) is 1.98. The molecule has 0 atom stereocenters. The average Bonchev–Trinajstić information content (AvgIpc) is 3.12. The highest BCUT2D eigenvalue weighted by Crippen LogP contribution is 2.24. The molecule has 7 heteroatoms. The van der Waals surface area contributed by atoms with Crippen molar-refractivity contribution in [3.63, 3.8) is 0 Å². The monoisotopic (exact) mass is 299 g/mol. The van der Waals surface area contributed by atoms with Crippen molar-refractivity contribution in [2.24, 2.45) is 5.10 Å². The number of ether oxygens (including phenoxy) is 1. The van der Waals surface area contributed by atoms with Crippen LogP contribution < -0.4 is 10.1 Å². The van der Waals surface area contributed by atoms with Crippen LogP contribution in [0.15, 0.2) is 45.9 Å². The molecule has 1 fully saturated rings. The molecule has 1 saturated heterocycles. The number of rotatable bonds is 4. The number of imide groups is 1. The fraction of sp³-hybridized carbons (Fsp3) is 0.133. The highest BCUT2D eigenvalue weighted by Gasteiger charge is 2.25. The molecular formula is C15H13N3O4. The van der Waals surface area contributed by atoms with Gasteiger partial charge in [-0.05, 0) is 36.4 Å². The zero-order valence-electron chi connectivity index (χ0n) is 11.8. The lowest BCUT2D eigenvalue weighted by Crippen LogP contribution is -2.24. The van der Waals surface area contributed by atoms with E-state index < -0.39 is 6.03 Å². The largest absolute Gasteiger partial charge is 0.497 e. The number of carbonyl (C=O) groups is 2. The number of amides is 3. The number of methoxy groups -OCH3 is 1. The van der Waals surface area contributed by atoms with Gasteiger partial charge in [0.25, 0.3) is 0 Å². The minimum absolute atomic E-state index is 0.0820. The number of urea groups is 1. The van der Waals surface area contributed by atoms with Crippen LogP contribution >= 0.6 is 0 Å². The molecule has 1 aliphatic rings. The van der Waals surface area contributed by atoms with Gasteiger partial charge in [0, 0.05) is 5.56 Å². The SMILES string of the molecule is COc1ccc(-c2ccc(/C=N/N3CC(=O)NC3=O)o2)cc1. The summed E-state index contributed by atoms with van der Waals surface area (Å²) in [5.74, 6) is 1.55. The molecule has 112 valence electrons. The minimum atomic E-state index is -0.539. The second-order valence-electron chi connectivity index (χ2n) is 4.59. The highest BCUT2D eigenvalue weighted by atomic mass is 16.5. The van der Waals surface area contributed by atoms with Crippen LogP contribution in [-0.2, 0) is 4.79 Å². The third-order valence-corrected chi connectivity index (χ3v) is 3.10. The van der Waals surface area contributed by atoms with Crippen molar-refractivity contribution >= 4 is 18.2 Å². The van der Waals surface area contributed by atoms with Crippen LogP contribution in [0.25, 0.3) is 11.3 Å². The summed E-state index contributed by atoms with van der Waals surface area (Å²) in [6.07, 6.45) is 1.39. The molecule has 1 aliphatic heterocycles. The summed E-state index contributed by atoms with van der Waals surface area (Å²) >= 11 is 0. The van der Waals surface area contributed by atoms with E-state index in [0.29, 0.717) is 11.5 Å². The molecule has 1 aromatic heterocycles. The Balaban J connectivity index is 1.73. The van der Waals surface area contributed by atoms with Crippen LogP contribution in [0.1, 0.15) is 5.76 Å². The van der Waals surface area contributed by atoms with Crippen molar-refractivity contribution in [2.75, 3.05) is 13.7 Å². The van der Waals surface area contributed by atoms with E-state index in [9.17, 15) is 9.59 Å². The molecule has 0 spiro atoms. The van der Waals surface area contributed by atoms with Gasteiger partial charge in [-0.2, -0.15) is 5.10 Å². The van der Waals surface area contributed by atoms with E-state index in [4.69, 9.17) is 9.15 Å². The van der Waals surface area contributed by atoms with Crippen LogP contribution in [-0.4, -0.2) is 36.8 Å². The molecule has 2 aromatic rings. The Bertz CT molecular complexity index is 734. The second-order valence-corrected chi connectivity index (χ2v) is 4.59. The van der Waals surface area contributed by atoms with Gasteiger partial charge < -0.3 is 9.15 Å². The van der Waals surface area contributed by atoms with Crippen molar-refractivity contribution in [2.45, 2.75) is 0 Å². The standard InChI is InChI=1S/C15H13N3O4/c1-21-11-4-2-10(3-5-11)13-7-6-12(22-13)8-16-18-9-14(19)17-15(18)20/h2-8H,9H2,1H3,(H,17,19,20)/b16-8+. The molecular weight excluding hydrogens is 286 g/mol. The Morgan fingerprint density at radius 3 is 2.64 bits per heavy atom. The second kappa shape index (κ2) is 5.72. The summed E-state index contributed by atoms with van der Waals surface area (Å²) in [5, 5.41) is 7.10. The van der Waals surface area contributed by atoms with Gasteiger partial charge in [0.1, 0.15) is 23.8 Å². The van der Waals surface area contributed by atoms with Gasteiger partial charge in [-0.3, -0.25) is 10.1 Å². The summed E-state index contributed by atoms with van der Waals surface area (Å²) in [7, 11) is 1.61. The Morgan fingerprint density at radius 2 is 2.00 bits per heavy atom. The molecule has 7 nitrogen and oxygen atoms in total. The molecule has 22 heavy (non-hydrogen) atoms. The van der Waals surface area contributed by atoms with E-state index in [1.807, 2.05) is 24.3 Å². The Hall–Kier alpha value is -3.09. The van der Waals surface area contributed by atoms with Crippen LogP contribution in [0.3, 0.4) is 0 Å². The lowest BCUT2D eigenvalue weighted by Gasteiger charge is -2.03. The van der Waals surface area contributed by atoms with E-state index in [1.54, 1.807) is 19.2 Å². The first-order valence-corrected chi connectivity index (χ1v) is 6.55. The molecule has 3 amide bonds. The van der Waals surface area contributed by atoms with Crippen molar-refractivity contribution in [3.05, 3.63) is 42.2 Å². The number of hydrogen-bond acceptors (Lipinski definition) is 5. The van der Waals surface area contributed by atoms with Gasteiger partial charge >= 0.3 is 6.03 Å². The molecule has 1 N–H and O–H groups in total. The van der Waals surface area contributed by atoms with Crippen molar-refractivity contribution in [1.82, 2.24) is 10.3 Å². The highest BCUT2D eigenvalue weighted by molar-refractivity contribution is 6.02. The van der Waals surface area contributed by atoms with Crippen molar-refractivity contribution in [3.8, 4) is 17.1 Å². The summed E-state index contributed by atoms with van der Waals surface area (Å²) in [4.78, 5) is 22.4. The fourth-order valence-corrected chi connectivity index (χ4v) is 1.98. The first kappa shape index (κ1) is 13.9. The number of nitrogens with zero attached hydrogens (tertiary/aromatic N) is 2. The normalized spacial score (nSPS) is 14.7. The maximum Gasteiger partial charge on any atom is 0.344 e. The quantitative estimate of drug-likeness (QED) is 0.689. The molecule has 0 unspecified atom stereocenters. The number of hydrogen-bond donors (Lipinski definition) is 1. The smallest absolute Gasteiger partial charge is 0.344 e. The van der Waals surface area contributed by atoms with E-state index in [0.717, 1.165) is 16.3 Å². The van der Waals surface area contributed by atoms with Crippen molar-refractivity contribution in [1.29, 1.82) is 0 Å². The maximum atomic E-state index is 11.3. The van der Waals surface area contributed by atoms with Gasteiger partial charge in [-0.1, -0.05) is 0 Å². The van der Waals surface area contributed by atoms with Crippen LogP contribution in [0.2, 0.25) is 0 Å². The summed E-state index contributed by atoms with van der Waals surface area (Å²) in [6.45, 7) is -0.0820. The number of nitrogens with one attached hydrogen (secondary N) is 1. The Labute approximate surface area is 126 Å². The molecule has 1 aromatic carbocycles. The van der Waals surface area contributed by atoms with Gasteiger partial charge in [-0.15, -0.1) is 0 Å². The molecule has 0 bridgehead atoms. The number of hydrazone groups is 1. The first-order chi connectivity index (χ1) is 10.7. The molecule has 0 saturated carbocycles. The average molecular weight is 299 g/mol. The third-order valence-electron chi connectivity index (χ3n) is 3.10. The molecule has 2 heterocycles. The zero-order valence-corrected chi connectivity index (χ0v) is 11.8. The summed E-state index contributed by atoms with van der Waals surface area (Å²) in [6, 6.07) is 10.4. The predicted octanol–water partition coefficient (Wildman–Crippen LogP) is 1.84. The van der Waals surface area contributed by atoms with E-state index >= 15 is 0 Å². The molecule has 0 radical (unpaired) electrons. The minimum Gasteiger partial charge on any atom is -0.497 e. The summed E-state index contributed by atoms with van der Waals surface area (Å²) in [5.41, 5.74) is 0.898. The third kappa shape index (κ3) is 2.83. The lowest BCUT2D eigenvalue weighted by atomic mass is 10.2. The summed E-state index contributed by atoms with van der Waals surface area (Å²) < 4.78 is 10.7. The molecule has 0 aliphatic carbocycles. The maximum absolute atomic E-state index is 11.3. The predicted molar refractivity (Wildman–Crippen MR) is 78.5 cm³/mol. The lowest BCUT2D eigenvalue weighted by molar-refractivity contribution is -0.118. The number of furan rings is 1. The zero-order chi connectivity index (χ0) is 15.5. The van der Waals surface area contributed by atoms with Gasteiger partial charge in [0.05, 0.1) is 13.3 Å². The van der Waals surface area contributed by atoms with Crippen LogP contribution in [0, 0.1) is 0 Å². The van der Waals surface area contributed by atoms with E-state index in [-0.39, 0.29) is 12.5 Å². The Kier molecular flexibility index (Phi) is 3.61. The Morgan fingerprint density at radius 1 is 1.23 bits per heavy atom. The van der Waals surface area contributed by atoms with Crippen molar-refractivity contribution < 1.29 is 18.7 Å².